The predicted octanol–water partition coefficient (Wildman–Crippen LogP) is 6.39. The van der Waals surface area contributed by atoms with Gasteiger partial charge in [0.2, 0.25) is 0 Å². The van der Waals surface area contributed by atoms with Crippen LogP contribution < -0.4 is 0 Å². The molecule has 0 bridgehead atoms. The van der Waals surface area contributed by atoms with E-state index in [1.54, 1.807) is 0 Å². The zero-order valence-corrected chi connectivity index (χ0v) is 13.8. The van der Waals surface area contributed by atoms with E-state index in [0.717, 1.165) is 35.5 Å². The summed E-state index contributed by atoms with van der Waals surface area (Å²) in [6.07, 6.45) is 20.7. The van der Waals surface area contributed by atoms with E-state index in [4.69, 9.17) is 0 Å². The molecular formula is C21H34. The van der Waals surface area contributed by atoms with Gasteiger partial charge < -0.3 is 0 Å². The number of allylic oxidation sites excluding steroid dienone is 2. The fourth-order valence-corrected chi connectivity index (χ4v) is 5.63. The van der Waals surface area contributed by atoms with Crippen molar-refractivity contribution in [1.29, 1.82) is 0 Å². The van der Waals surface area contributed by atoms with E-state index in [0.29, 0.717) is 0 Å². The van der Waals surface area contributed by atoms with Crippen LogP contribution in [0.25, 0.3) is 0 Å². The Kier molecular flexibility index (Phi) is 5.24. The average Bonchev–Trinajstić information content (AvgIpc) is 3.04. The molecule has 0 nitrogen and oxygen atoms in total. The molecule has 2 atom stereocenters. The van der Waals surface area contributed by atoms with Gasteiger partial charge in [0.05, 0.1) is 0 Å². The maximum atomic E-state index is 4.00. The summed E-state index contributed by atoms with van der Waals surface area (Å²) in [6.45, 7) is 7.98. The van der Waals surface area contributed by atoms with Crippen LogP contribution in [0, 0.1) is 35.5 Å². The van der Waals surface area contributed by atoms with E-state index in [-0.39, 0.29) is 0 Å². The predicted molar refractivity (Wildman–Crippen MR) is 92.1 cm³/mol. The molecule has 3 rings (SSSR count). The topological polar surface area (TPSA) is 0 Å². The molecule has 118 valence electrons. The van der Waals surface area contributed by atoms with Crippen LogP contribution in [0.4, 0.5) is 0 Å². The molecule has 3 saturated carbocycles. The first-order valence-electron chi connectivity index (χ1n) is 9.55. The van der Waals surface area contributed by atoms with Gasteiger partial charge in [0.1, 0.15) is 0 Å². The first-order valence-corrected chi connectivity index (χ1v) is 9.55. The lowest BCUT2D eigenvalue weighted by Gasteiger charge is -2.39. The molecule has 0 aromatic heterocycles. The maximum Gasteiger partial charge on any atom is -0.0233 e. The molecule has 0 amide bonds. The largest absolute Gasteiger partial charge is 0.103 e. The SMILES string of the molecule is C=CC1CCC(C2CCC(C3CCC(C=C)C3)CC2)CC1. The molecule has 0 aromatic rings. The molecular weight excluding hydrogens is 252 g/mol. The van der Waals surface area contributed by atoms with Crippen LogP contribution in [0.2, 0.25) is 0 Å². The summed E-state index contributed by atoms with van der Waals surface area (Å²) < 4.78 is 0. The van der Waals surface area contributed by atoms with Crippen molar-refractivity contribution in [3.05, 3.63) is 25.3 Å². The highest BCUT2D eigenvalue weighted by Gasteiger charge is 2.35. The monoisotopic (exact) mass is 286 g/mol. The molecule has 3 aliphatic rings. The molecule has 0 aliphatic heterocycles. The highest BCUT2D eigenvalue weighted by molar-refractivity contribution is 4.92. The third-order valence-electron chi connectivity index (χ3n) is 7.15. The molecule has 3 fully saturated rings. The van der Waals surface area contributed by atoms with Gasteiger partial charge in [-0.1, -0.05) is 12.2 Å². The summed E-state index contributed by atoms with van der Waals surface area (Å²) in [4.78, 5) is 0. The van der Waals surface area contributed by atoms with Gasteiger partial charge in [0.15, 0.2) is 0 Å². The second-order valence-electron chi connectivity index (χ2n) is 8.15. The van der Waals surface area contributed by atoms with Gasteiger partial charge >= 0.3 is 0 Å². The Balaban J connectivity index is 1.43. The zero-order chi connectivity index (χ0) is 14.7. The summed E-state index contributed by atoms with van der Waals surface area (Å²) in [5.41, 5.74) is 0. The molecule has 3 aliphatic carbocycles. The number of hydrogen-bond donors (Lipinski definition) is 0. The average molecular weight is 287 g/mol. The van der Waals surface area contributed by atoms with Crippen molar-refractivity contribution in [2.45, 2.75) is 70.6 Å². The molecule has 21 heavy (non-hydrogen) atoms. The van der Waals surface area contributed by atoms with Crippen LogP contribution in [0.1, 0.15) is 70.6 Å². The second kappa shape index (κ2) is 7.16. The fourth-order valence-electron chi connectivity index (χ4n) is 5.63. The molecule has 0 radical (unpaired) electrons. The van der Waals surface area contributed by atoms with Crippen molar-refractivity contribution in [2.24, 2.45) is 35.5 Å². The van der Waals surface area contributed by atoms with Gasteiger partial charge in [-0.2, -0.15) is 0 Å². The minimum Gasteiger partial charge on any atom is -0.103 e. The number of rotatable bonds is 4. The fraction of sp³-hybridized carbons (Fsp3) is 0.810. The van der Waals surface area contributed by atoms with Gasteiger partial charge in [0, 0.05) is 0 Å². The second-order valence-corrected chi connectivity index (χ2v) is 8.15. The van der Waals surface area contributed by atoms with Crippen molar-refractivity contribution < 1.29 is 0 Å². The van der Waals surface area contributed by atoms with E-state index in [1.807, 2.05) is 0 Å². The summed E-state index contributed by atoms with van der Waals surface area (Å²) in [7, 11) is 0. The van der Waals surface area contributed by atoms with Crippen molar-refractivity contribution in [2.75, 3.05) is 0 Å². The highest BCUT2D eigenvalue weighted by Crippen LogP contribution is 2.46. The van der Waals surface area contributed by atoms with E-state index >= 15 is 0 Å². The Bertz CT molecular complexity index is 339. The van der Waals surface area contributed by atoms with Gasteiger partial charge in [0.25, 0.3) is 0 Å². The van der Waals surface area contributed by atoms with Gasteiger partial charge in [-0.3, -0.25) is 0 Å². The third-order valence-corrected chi connectivity index (χ3v) is 7.15. The van der Waals surface area contributed by atoms with E-state index < -0.39 is 0 Å². The van der Waals surface area contributed by atoms with Crippen LogP contribution in [0.5, 0.6) is 0 Å². The smallest absolute Gasteiger partial charge is 0.0233 e. The molecule has 0 N–H and O–H groups in total. The first kappa shape index (κ1) is 15.4. The summed E-state index contributed by atoms with van der Waals surface area (Å²) in [5, 5.41) is 0. The normalized spacial score (nSPS) is 44.4. The quantitative estimate of drug-likeness (QED) is 0.525. The Morgan fingerprint density at radius 3 is 1.33 bits per heavy atom. The lowest BCUT2D eigenvalue weighted by molar-refractivity contribution is 0.132. The summed E-state index contributed by atoms with van der Waals surface area (Å²) >= 11 is 0. The van der Waals surface area contributed by atoms with Crippen molar-refractivity contribution in [1.82, 2.24) is 0 Å². The van der Waals surface area contributed by atoms with Gasteiger partial charge in [-0.15, -0.1) is 13.2 Å². The third kappa shape index (κ3) is 3.63. The van der Waals surface area contributed by atoms with Crippen LogP contribution in [0.15, 0.2) is 25.3 Å². The van der Waals surface area contributed by atoms with Crippen LogP contribution in [0.3, 0.4) is 0 Å². The number of hydrogen-bond acceptors (Lipinski definition) is 0. The van der Waals surface area contributed by atoms with E-state index in [1.165, 1.54) is 70.6 Å². The van der Waals surface area contributed by atoms with Crippen LogP contribution >= 0.6 is 0 Å². The lowest BCUT2D eigenvalue weighted by atomic mass is 9.67. The first-order chi connectivity index (χ1) is 10.3. The summed E-state index contributed by atoms with van der Waals surface area (Å²) in [5.74, 6) is 5.85. The lowest BCUT2D eigenvalue weighted by Crippen LogP contribution is -2.27. The minimum atomic E-state index is 0.826. The van der Waals surface area contributed by atoms with Crippen molar-refractivity contribution in [3.8, 4) is 0 Å². The molecule has 0 spiro atoms. The molecule has 0 heterocycles. The molecule has 2 unspecified atom stereocenters. The van der Waals surface area contributed by atoms with Gasteiger partial charge in [-0.05, 0) is 106 Å². The van der Waals surface area contributed by atoms with E-state index in [9.17, 15) is 0 Å². The Morgan fingerprint density at radius 2 is 0.857 bits per heavy atom. The molecule has 0 saturated heterocycles. The minimum absolute atomic E-state index is 0.826. The standard InChI is InChI=1S/C21H34/c1-3-16-5-8-18(9-6-16)19-11-13-20(14-12-19)21-10-7-17(4-2)15-21/h3-4,16-21H,1-2,5-15H2. The Morgan fingerprint density at radius 1 is 0.476 bits per heavy atom. The van der Waals surface area contributed by atoms with Crippen LogP contribution in [-0.2, 0) is 0 Å². The molecule has 0 heteroatoms. The maximum absolute atomic E-state index is 4.00. The summed E-state index contributed by atoms with van der Waals surface area (Å²) in [6, 6.07) is 0. The van der Waals surface area contributed by atoms with E-state index in [2.05, 4.69) is 25.3 Å². The Hall–Kier alpha value is -0.520. The van der Waals surface area contributed by atoms with Crippen molar-refractivity contribution >= 4 is 0 Å². The Labute approximate surface area is 132 Å². The highest BCUT2D eigenvalue weighted by atomic mass is 14.4. The van der Waals surface area contributed by atoms with Gasteiger partial charge in [-0.25, -0.2) is 0 Å². The van der Waals surface area contributed by atoms with Crippen molar-refractivity contribution in [3.63, 3.8) is 0 Å². The molecule has 0 aromatic carbocycles. The zero-order valence-electron chi connectivity index (χ0n) is 13.8. The van der Waals surface area contributed by atoms with Crippen LogP contribution in [-0.4, -0.2) is 0 Å².